The average molecular weight is 352 g/mol. The lowest BCUT2D eigenvalue weighted by Gasteiger charge is -2.25. The molecule has 26 heavy (non-hydrogen) atoms. The number of carbonyl (C=O) groups excluding carboxylic acids is 1. The third kappa shape index (κ3) is 3.47. The molecule has 4 rings (SSSR count). The van der Waals surface area contributed by atoms with E-state index in [0.29, 0.717) is 23.8 Å². The smallest absolute Gasteiger partial charge is 0.259 e. The Morgan fingerprint density at radius 1 is 1.31 bits per heavy atom. The lowest BCUT2D eigenvalue weighted by molar-refractivity contribution is 0.0744. The van der Waals surface area contributed by atoms with Gasteiger partial charge in [0.05, 0.1) is 0 Å². The van der Waals surface area contributed by atoms with Gasteiger partial charge in [0.2, 0.25) is 0 Å². The van der Waals surface area contributed by atoms with E-state index in [-0.39, 0.29) is 11.9 Å². The minimum absolute atomic E-state index is 0.0775. The largest absolute Gasteiger partial charge is 0.383 e. The fraction of sp³-hybridized carbons (Fsp3) is 0.474. The van der Waals surface area contributed by atoms with Crippen LogP contribution in [0.5, 0.6) is 0 Å². The molecule has 2 aliphatic rings. The molecule has 7 nitrogen and oxygen atoms in total. The number of anilines is 2. The van der Waals surface area contributed by atoms with Crippen molar-refractivity contribution in [2.45, 2.75) is 44.6 Å². The van der Waals surface area contributed by atoms with Crippen LogP contribution in [0.1, 0.15) is 53.5 Å². The maximum absolute atomic E-state index is 13.0. The van der Waals surface area contributed by atoms with Crippen LogP contribution in [-0.2, 0) is 0 Å². The highest BCUT2D eigenvalue weighted by Gasteiger charge is 2.32. The van der Waals surface area contributed by atoms with Gasteiger partial charge in [0.25, 0.3) is 5.91 Å². The first-order valence-electron chi connectivity index (χ1n) is 9.22. The number of carbonyl (C=O) groups is 1. The number of aryl methyl sites for hydroxylation is 1. The number of pyridine rings is 1. The van der Waals surface area contributed by atoms with Crippen molar-refractivity contribution in [1.82, 2.24) is 19.9 Å². The van der Waals surface area contributed by atoms with Crippen molar-refractivity contribution in [2.24, 2.45) is 0 Å². The van der Waals surface area contributed by atoms with Gasteiger partial charge in [0.15, 0.2) is 0 Å². The highest BCUT2D eigenvalue weighted by Crippen LogP contribution is 2.38. The van der Waals surface area contributed by atoms with E-state index in [1.165, 1.54) is 0 Å². The highest BCUT2D eigenvalue weighted by molar-refractivity contribution is 5.98. The second-order valence-electron chi connectivity index (χ2n) is 7.14. The van der Waals surface area contributed by atoms with Gasteiger partial charge in [-0.3, -0.25) is 4.79 Å². The van der Waals surface area contributed by atoms with Crippen molar-refractivity contribution in [3.8, 4) is 0 Å². The summed E-state index contributed by atoms with van der Waals surface area (Å²) in [4.78, 5) is 28.0. The second kappa shape index (κ2) is 6.90. The van der Waals surface area contributed by atoms with Gasteiger partial charge in [0.1, 0.15) is 23.0 Å². The minimum atomic E-state index is -0.0775. The number of likely N-dealkylation sites (tertiary alicyclic amines) is 1. The van der Waals surface area contributed by atoms with Crippen molar-refractivity contribution < 1.29 is 4.79 Å². The van der Waals surface area contributed by atoms with Crippen LogP contribution in [0.25, 0.3) is 0 Å². The zero-order valence-corrected chi connectivity index (χ0v) is 15.0. The Morgan fingerprint density at radius 3 is 2.88 bits per heavy atom. The first-order valence-corrected chi connectivity index (χ1v) is 9.22. The summed E-state index contributed by atoms with van der Waals surface area (Å²) in [7, 11) is 0. The second-order valence-corrected chi connectivity index (χ2v) is 7.14. The number of nitrogens with two attached hydrogens (primary N) is 1. The van der Waals surface area contributed by atoms with Crippen LogP contribution in [0, 0.1) is 6.92 Å². The number of amides is 1. The van der Waals surface area contributed by atoms with E-state index in [0.717, 1.165) is 49.6 Å². The van der Waals surface area contributed by atoms with Crippen molar-refractivity contribution >= 4 is 17.5 Å². The molecule has 136 valence electrons. The molecule has 0 radical (unpaired) electrons. The molecule has 3 N–H and O–H groups in total. The summed E-state index contributed by atoms with van der Waals surface area (Å²) < 4.78 is 0. The number of rotatable bonds is 5. The number of aromatic nitrogens is 3. The standard InChI is InChI=1S/C19H24N6O/c1-12-4-2-6-16(23-12)21-10-14-5-3-9-25(14)19(26)15-11-22-18(13-7-8-13)24-17(15)20/h2,4,6,11,13-14H,3,5,7-10H2,1H3,(H,21,23)(H2,20,22,24). The predicted octanol–water partition coefficient (Wildman–Crippen LogP) is 2.36. The molecule has 1 saturated heterocycles. The van der Waals surface area contributed by atoms with E-state index in [2.05, 4.69) is 20.3 Å². The Labute approximate surface area is 153 Å². The Bertz CT molecular complexity index is 819. The predicted molar refractivity (Wildman–Crippen MR) is 99.9 cm³/mol. The van der Waals surface area contributed by atoms with E-state index < -0.39 is 0 Å². The van der Waals surface area contributed by atoms with Crippen molar-refractivity contribution in [3.63, 3.8) is 0 Å². The van der Waals surface area contributed by atoms with E-state index in [9.17, 15) is 4.79 Å². The number of hydrogen-bond acceptors (Lipinski definition) is 6. The molecule has 2 fully saturated rings. The van der Waals surface area contributed by atoms with Gasteiger partial charge in [-0.2, -0.15) is 0 Å². The fourth-order valence-electron chi connectivity index (χ4n) is 3.45. The summed E-state index contributed by atoms with van der Waals surface area (Å²) in [6.45, 7) is 3.37. The third-order valence-corrected chi connectivity index (χ3v) is 5.05. The zero-order valence-electron chi connectivity index (χ0n) is 15.0. The molecule has 0 bridgehead atoms. The maximum atomic E-state index is 13.0. The summed E-state index contributed by atoms with van der Waals surface area (Å²) in [5.74, 6) is 2.24. The van der Waals surface area contributed by atoms with Crippen molar-refractivity contribution in [1.29, 1.82) is 0 Å². The Morgan fingerprint density at radius 2 is 2.15 bits per heavy atom. The normalized spacial score (nSPS) is 19.6. The van der Waals surface area contributed by atoms with Crippen LogP contribution >= 0.6 is 0 Å². The molecule has 1 amide bonds. The lowest BCUT2D eigenvalue weighted by atomic mass is 10.2. The van der Waals surface area contributed by atoms with Crippen LogP contribution in [0.4, 0.5) is 11.6 Å². The summed E-state index contributed by atoms with van der Waals surface area (Å²) in [5.41, 5.74) is 7.44. The summed E-state index contributed by atoms with van der Waals surface area (Å²) in [6, 6.07) is 6.00. The number of nitrogen functional groups attached to an aromatic ring is 1. The lowest BCUT2D eigenvalue weighted by Crippen LogP contribution is -2.40. The monoisotopic (exact) mass is 352 g/mol. The van der Waals surface area contributed by atoms with E-state index in [4.69, 9.17) is 5.73 Å². The number of nitrogens with one attached hydrogen (secondary N) is 1. The molecular weight excluding hydrogens is 328 g/mol. The highest BCUT2D eigenvalue weighted by atomic mass is 16.2. The number of hydrogen-bond donors (Lipinski definition) is 2. The first-order chi connectivity index (χ1) is 12.6. The molecular formula is C19H24N6O. The Hall–Kier alpha value is -2.70. The van der Waals surface area contributed by atoms with Crippen LogP contribution in [-0.4, -0.2) is 44.9 Å². The Balaban J connectivity index is 1.44. The molecule has 7 heteroatoms. The van der Waals surface area contributed by atoms with Gasteiger partial charge in [-0.15, -0.1) is 0 Å². The van der Waals surface area contributed by atoms with E-state index in [1.54, 1.807) is 6.20 Å². The molecule has 2 aromatic rings. The summed E-state index contributed by atoms with van der Waals surface area (Å²) in [5, 5.41) is 3.34. The van der Waals surface area contributed by atoms with Crippen molar-refractivity contribution in [2.75, 3.05) is 24.1 Å². The average Bonchev–Trinajstić information content (AvgIpc) is 3.37. The molecule has 0 spiro atoms. The third-order valence-electron chi connectivity index (χ3n) is 5.05. The van der Waals surface area contributed by atoms with E-state index >= 15 is 0 Å². The van der Waals surface area contributed by atoms with Crippen molar-refractivity contribution in [3.05, 3.63) is 41.5 Å². The quantitative estimate of drug-likeness (QED) is 0.857. The van der Waals surface area contributed by atoms with Crippen LogP contribution in [0.15, 0.2) is 24.4 Å². The SMILES string of the molecule is Cc1cccc(NCC2CCCN2C(=O)c2cnc(C3CC3)nc2N)n1. The number of nitrogens with zero attached hydrogens (tertiary/aromatic N) is 4. The van der Waals surface area contributed by atoms with Gasteiger partial charge < -0.3 is 16.0 Å². The molecule has 1 aliphatic heterocycles. The zero-order chi connectivity index (χ0) is 18.1. The first kappa shape index (κ1) is 16.8. The molecule has 1 unspecified atom stereocenters. The Kier molecular flexibility index (Phi) is 4.44. The summed E-state index contributed by atoms with van der Waals surface area (Å²) >= 11 is 0. The van der Waals surface area contributed by atoms with Crippen LogP contribution in [0.3, 0.4) is 0 Å². The van der Waals surface area contributed by atoms with Gasteiger partial charge >= 0.3 is 0 Å². The topological polar surface area (TPSA) is 97.0 Å². The minimum Gasteiger partial charge on any atom is -0.383 e. The molecule has 1 atom stereocenters. The maximum Gasteiger partial charge on any atom is 0.259 e. The van der Waals surface area contributed by atoms with Gasteiger partial charge in [-0.25, -0.2) is 15.0 Å². The summed E-state index contributed by atoms with van der Waals surface area (Å²) in [6.07, 6.45) is 5.77. The molecule has 3 heterocycles. The molecule has 2 aromatic heterocycles. The molecule has 1 saturated carbocycles. The van der Waals surface area contributed by atoms with Crippen LogP contribution in [0.2, 0.25) is 0 Å². The van der Waals surface area contributed by atoms with Gasteiger partial charge in [-0.1, -0.05) is 6.07 Å². The van der Waals surface area contributed by atoms with E-state index in [1.807, 2.05) is 30.0 Å². The van der Waals surface area contributed by atoms with Gasteiger partial charge in [-0.05, 0) is 44.7 Å². The molecule has 1 aliphatic carbocycles. The fourth-order valence-corrected chi connectivity index (χ4v) is 3.45. The van der Waals surface area contributed by atoms with Crippen LogP contribution < -0.4 is 11.1 Å². The van der Waals surface area contributed by atoms with Gasteiger partial charge in [0, 0.05) is 36.9 Å². The molecule has 0 aromatic carbocycles.